The summed E-state index contributed by atoms with van der Waals surface area (Å²) in [7, 11) is 0. The number of aromatic nitrogens is 2. The molecule has 0 aliphatic carbocycles. The van der Waals surface area contributed by atoms with Crippen LogP contribution in [0, 0.1) is 5.92 Å². The molecule has 7 heteroatoms. The van der Waals surface area contributed by atoms with Crippen LogP contribution in [0.25, 0.3) is 4.96 Å². The second-order valence-electron chi connectivity index (χ2n) is 5.90. The van der Waals surface area contributed by atoms with Crippen molar-refractivity contribution in [1.82, 2.24) is 19.6 Å². The van der Waals surface area contributed by atoms with Crippen LogP contribution in [0.15, 0.2) is 40.6 Å². The molecule has 23 heavy (non-hydrogen) atoms. The predicted octanol–water partition coefficient (Wildman–Crippen LogP) is 2.24. The Balaban J connectivity index is 1.28. The summed E-state index contributed by atoms with van der Waals surface area (Å²) in [6, 6.07) is 3.91. The maximum absolute atomic E-state index is 12.2. The molecule has 1 aliphatic heterocycles. The minimum atomic E-state index is -0.0922. The number of nitrogens with one attached hydrogen (secondary N) is 1. The average molecular weight is 330 g/mol. The van der Waals surface area contributed by atoms with E-state index in [1.807, 2.05) is 28.1 Å². The molecule has 4 rings (SSSR count). The van der Waals surface area contributed by atoms with Gasteiger partial charge in [-0.2, -0.15) is 0 Å². The van der Waals surface area contributed by atoms with Crippen molar-refractivity contribution in [2.45, 2.75) is 13.0 Å². The first kappa shape index (κ1) is 14.5. The molecule has 6 nitrogen and oxygen atoms in total. The molecule has 1 N–H and O–H groups in total. The molecule has 3 aromatic heterocycles. The average Bonchev–Trinajstić information content (AvgIpc) is 3.29. The molecular weight excluding hydrogens is 312 g/mol. The van der Waals surface area contributed by atoms with Gasteiger partial charge in [-0.05, 0) is 31.0 Å². The fourth-order valence-electron chi connectivity index (χ4n) is 3.01. The van der Waals surface area contributed by atoms with E-state index in [0.717, 1.165) is 36.8 Å². The zero-order valence-corrected chi connectivity index (χ0v) is 13.5. The second kappa shape index (κ2) is 6.17. The minimum Gasteiger partial charge on any atom is -0.468 e. The Morgan fingerprint density at radius 2 is 2.48 bits per heavy atom. The molecular formula is C16H18N4O2S. The van der Waals surface area contributed by atoms with Gasteiger partial charge in [-0.25, -0.2) is 4.98 Å². The summed E-state index contributed by atoms with van der Waals surface area (Å²) in [6.07, 6.45) is 6.49. The lowest BCUT2D eigenvalue weighted by atomic mass is 10.1. The standard InChI is InChI=1S/C16H18N4O2S/c21-15(14-11-20-5-7-23-16(20)18-14)17-8-12-3-4-19(9-12)10-13-2-1-6-22-13/h1-2,5-7,11-12H,3-4,8-10H2,(H,17,21)/t12-/m1/s1. The third-order valence-corrected chi connectivity index (χ3v) is 4.98. The molecule has 120 valence electrons. The number of amides is 1. The van der Waals surface area contributed by atoms with Gasteiger partial charge in [0, 0.05) is 30.9 Å². The fourth-order valence-corrected chi connectivity index (χ4v) is 3.71. The number of imidazole rings is 1. The van der Waals surface area contributed by atoms with E-state index >= 15 is 0 Å². The van der Waals surface area contributed by atoms with Crippen molar-refractivity contribution in [3.63, 3.8) is 0 Å². The highest BCUT2D eigenvalue weighted by Crippen LogP contribution is 2.18. The normalized spacial score (nSPS) is 18.7. The zero-order valence-electron chi connectivity index (χ0n) is 12.6. The van der Waals surface area contributed by atoms with Gasteiger partial charge in [-0.15, -0.1) is 11.3 Å². The van der Waals surface area contributed by atoms with Gasteiger partial charge in [-0.1, -0.05) is 0 Å². The topological polar surface area (TPSA) is 62.8 Å². The first-order valence-electron chi connectivity index (χ1n) is 7.73. The van der Waals surface area contributed by atoms with Gasteiger partial charge in [0.15, 0.2) is 4.96 Å². The highest BCUT2D eigenvalue weighted by Gasteiger charge is 2.24. The van der Waals surface area contributed by atoms with Crippen LogP contribution in [0.1, 0.15) is 22.7 Å². The van der Waals surface area contributed by atoms with E-state index in [4.69, 9.17) is 4.42 Å². The van der Waals surface area contributed by atoms with Crippen LogP contribution in [-0.4, -0.2) is 39.8 Å². The molecule has 1 atom stereocenters. The number of furan rings is 1. The number of fused-ring (bicyclic) bond motifs is 1. The lowest BCUT2D eigenvalue weighted by Crippen LogP contribution is -2.31. The Labute approximate surface area is 137 Å². The molecule has 0 unspecified atom stereocenters. The number of hydrogen-bond acceptors (Lipinski definition) is 5. The van der Waals surface area contributed by atoms with Gasteiger partial charge in [0.1, 0.15) is 11.5 Å². The van der Waals surface area contributed by atoms with Gasteiger partial charge < -0.3 is 9.73 Å². The predicted molar refractivity (Wildman–Crippen MR) is 87.5 cm³/mol. The summed E-state index contributed by atoms with van der Waals surface area (Å²) in [4.78, 5) is 19.7. The zero-order chi connectivity index (χ0) is 15.6. The number of rotatable bonds is 5. The number of likely N-dealkylation sites (tertiary alicyclic amines) is 1. The number of hydrogen-bond donors (Lipinski definition) is 1. The van der Waals surface area contributed by atoms with Crippen LogP contribution in [0.4, 0.5) is 0 Å². The Morgan fingerprint density at radius 3 is 3.30 bits per heavy atom. The molecule has 0 radical (unpaired) electrons. The van der Waals surface area contributed by atoms with Crippen molar-refractivity contribution >= 4 is 22.2 Å². The van der Waals surface area contributed by atoms with E-state index in [0.29, 0.717) is 18.2 Å². The number of nitrogens with zero attached hydrogens (tertiary/aromatic N) is 3. The Kier molecular flexibility index (Phi) is 3.88. The minimum absolute atomic E-state index is 0.0922. The third-order valence-electron chi connectivity index (χ3n) is 4.21. The van der Waals surface area contributed by atoms with E-state index < -0.39 is 0 Å². The SMILES string of the molecule is O=C(NC[C@H]1CCN(Cc2ccco2)C1)c1cn2ccsc2n1. The number of carbonyl (C=O) groups excluding carboxylic acids is 1. The first-order chi connectivity index (χ1) is 11.3. The van der Waals surface area contributed by atoms with Gasteiger partial charge in [0.2, 0.25) is 0 Å². The van der Waals surface area contributed by atoms with Crippen molar-refractivity contribution in [1.29, 1.82) is 0 Å². The lowest BCUT2D eigenvalue weighted by Gasteiger charge is -2.14. The van der Waals surface area contributed by atoms with Crippen LogP contribution in [-0.2, 0) is 6.54 Å². The molecule has 1 fully saturated rings. The van der Waals surface area contributed by atoms with Gasteiger partial charge in [0.05, 0.1) is 12.8 Å². The van der Waals surface area contributed by atoms with Crippen LogP contribution in [0.5, 0.6) is 0 Å². The number of carbonyl (C=O) groups is 1. The monoisotopic (exact) mass is 330 g/mol. The molecule has 0 spiro atoms. The van der Waals surface area contributed by atoms with Crippen molar-refractivity contribution in [3.8, 4) is 0 Å². The quantitative estimate of drug-likeness (QED) is 0.779. The molecule has 1 aliphatic rings. The third kappa shape index (κ3) is 3.16. The van der Waals surface area contributed by atoms with Crippen molar-refractivity contribution in [2.24, 2.45) is 5.92 Å². The smallest absolute Gasteiger partial charge is 0.271 e. The van der Waals surface area contributed by atoms with Gasteiger partial charge in [-0.3, -0.25) is 14.1 Å². The second-order valence-corrected chi connectivity index (χ2v) is 6.77. The molecule has 0 aromatic carbocycles. The van der Waals surface area contributed by atoms with Crippen LogP contribution in [0.2, 0.25) is 0 Å². The Morgan fingerprint density at radius 1 is 1.52 bits per heavy atom. The van der Waals surface area contributed by atoms with Crippen molar-refractivity contribution in [2.75, 3.05) is 19.6 Å². The highest BCUT2D eigenvalue weighted by atomic mass is 32.1. The molecule has 1 saturated heterocycles. The molecule has 0 saturated carbocycles. The maximum atomic E-state index is 12.2. The summed E-state index contributed by atoms with van der Waals surface area (Å²) < 4.78 is 7.26. The van der Waals surface area contributed by atoms with E-state index in [1.165, 1.54) is 11.3 Å². The summed E-state index contributed by atoms with van der Waals surface area (Å²) >= 11 is 1.53. The van der Waals surface area contributed by atoms with Gasteiger partial charge >= 0.3 is 0 Å². The van der Waals surface area contributed by atoms with E-state index in [2.05, 4.69) is 15.2 Å². The molecule has 4 heterocycles. The van der Waals surface area contributed by atoms with Crippen LogP contribution < -0.4 is 5.32 Å². The molecule has 1 amide bonds. The van der Waals surface area contributed by atoms with Crippen LogP contribution >= 0.6 is 11.3 Å². The van der Waals surface area contributed by atoms with E-state index in [-0.39, 0.29) is 5.91 Å². The summed E-state index contributed by atoms with van der Waals surface area (Å²) in [6.45, 7) is 3.56. The number of thiazole rings is 1. The summed E-state index contributed by atoms with van der Waals surface area (Å²) in [5.41, 5.74) is 0.488. The van der Waals surface area contributed by atoms with Crippen LogP contribution in [0.3, 0.4) is 0 Å². The highest BCUT2D eigenvalue weighted by molar-refractivity contribution is 7.15. The van der Waals surface area contributed by atoms with E-state index in [9.17, 15) is 4.79 Å². The molecule has 3 aromatic rings. The Hall–Kier alpha value is -2.12. The van der Waals surface area contributed by atoms with E-state index in [1.54, 1.807) is 12.5 Å². The van der Waals surface area contributed by atoms with Crippen molar-refractivity contribution < 1.29 is 9.21 Å². The lowest BCUT2D eigenvalue weighted by molar-refractivity contribution is 0.0943. The summed E-state index contributed by atoms with van der Waals surface area (Å²) in [5, 5.41) is 4.97. The fraction of sp³-hybridized carbons (Fsp3) is 0.375. The maximum Gasteiger partial charge on any atom is 0.271 e. The molecule has 0 bridgehead atoms. The first-order valence-corrected chi connectivity index (χ1v) is 8.61. The summed E-state index contributed by atoms with van der Waals surface area (Å²) in [5.74, 6) is 1.38. The largest absolute Gasteiger partial charge is 0.468 e. The van der Waals surface area contributed by atoms with Crippen molar-refractivity contribution in [3.05, 3.63) is 47.6 Å². The van der Waals surface area contributed by atoms with Gasteiger partial charge in [0.25, 0.3) is 5.91 Å². The Bertz CT molecular complexity index is 764.